The Bertz CT molecular complexity index is 540. The Kier molecular flexibility index (Phi) is 20.4. The van der Waals surface area contributed by atoms with Crippen LogP contribution in [0, 0.1) is 0 Å². The van der Waals surface area contributed by atoms with Gasteiger partial charge in [0, 0.05) is 13.0 Å². The summed E-state index contributed by atoms with van der Waals surface area (Å²) >= 11 is 0. The number of esters is 1. The van der Waals surface area contributed by atoms with Gasteiger partial charge in [-0.25, -0.2) is 0 Å². The van der Waals surface area contributed by atoms with Gasteiger partial charge in [0.15, 0.2) is 0 Å². The number of ether oxygens (including phenoxy) is 2. The fourth-order valence-electron chi connectivity index (χ4n) is 3.25. The molecule has 8 nitrogen and oxygen atoms in total. The molecule has 0 aliphatic carbocycles. The second kappa shape index (κ2) is 20.7. The number of hydrogen-bond acceptors (Lipinski definition) is 7. The zero-order valence-corrected chi connectivity index (χ0v) is 23.5. The monoisotopic (exact) mass is 509 g/mol. The van der Waals surface area contributed by atoms with Gasteiger partial charge in [0.1, 0.15) is 19.3 Å². The summed E-state index contributed by atoms with van der Waals surface area (Å²) < 4.78 is 33.8. The number of quaternary nitrogens is 1. The van der Waals surface area contributed by atoms with Crippen LogP contribution in [0.15, 0.2) is 0 Å². The molecular formula is C25H52NO7P. The van der Waals surface area contributed by atoms with Gasteiger partial charge < -0.3 is 27.9 Å². The van der Waals surface area contributed by atoms with Crippen molar-refractivity contribution in [3.63, 3.8) is 0 Å². The molecule has 34 heavy (non-hydrogen) atoms. The summed E-state index contributed by atoms with van der Waals surface area (Å²) in [7, 11) is 1.35. The van der Waals surface area contributed by atoms with Crippen LogP contribution in [0.4, 0.5) is 0 Å². The van der Waals surface area contributed by atoms with Crippen molar-refractivity contribution in [3.05, 3.63) is 0 Å². The first kappa shape index (κ1) is 33.5. The Morgan fingerprint density at radius 3 is 1.94 bits per heavy atom. The number of carbonyl (C=O) groups excluding carboxylic acids is 1. The molecule has 0 amide bonds. The molecule has 0 radical (unpaired) electrons. The van der Waals surface area contributed by atoms with Crippen molar-refractivity contribution in [2.75, 3.05) is 54.1 Å². The van der Waals surface area contributed by atoms with Gasteiger partial charge in [-0.05, 0) is 12.8 Å². The summed E-state index contributed by atoms with van der Waals surface area (Å²) in [5, 5.41) is 0. The van der Waals surface area contributed by atoms with Crippen molar-refractivity contribution in [2.45, 2.75) is 103 Å². The zero-order chi connectivity index (χ0) is 25.7. The quantitative estimate of drug-likeness (QED) is 0.0761. The van der Waals surface area contributed by atoms with E-state index in [0.717, 1.165) is 32.1 Å². The Morgan fingerprint density at radius 1 is 0.794 bits per heavy atom. The molecule has 0 rings (SSSR count). The second-order valence-corrected chi connectivity index (χ2v) is 11.5. The van der Waals surface area contributed by atoms with Crippen LogP contribution in [0.1, 0.15) is 97.3 Å². The van der Waals surface area contributed by atoms with E-state index in [4.69, 9.17) is 18.5 Å². The normalized spacial score (nSPS) is 14.6. The van der Waals surface area contributed by atoms with E-state index in [0.29, 0.717) is 24.1 Å². The first-order chi connectivity index (χ1) is 16.1. The lowest BCUT2D eigenvalue weighted by atomic mass is 10.1. The predicted molar refractivity (Wildman–Crippen MR) is 134 cm³/mol. The van der Waals surface area contributed by atoms with Crippen LogP contribution in [-0.2, 0) is 27.9 Å². The van der Waals surface area contributed by atoms with Crippen LogP contribution >= 0.6 is 7.82 Å². The van der Waals surface area contributed by atoms with Crippen molar-refractivity contribution in [1.29, 1.82) is 0 Å². The molecule has 0 aliphatic heterocycles. The molecule has 0 aromatic carbocycles. The molecule has 0 N–H and O–H groups in total. The molecule has 0 bridgehead atoms. The fraction of sp³-hybridized carbons (Fsp3) is 0.960. The van der Waals surface area contributed by atoms with E-state index in [1.165, 1.54) is 44.9 Å². The number of phosphoric acid groups is 1. The molecule has 2 atom stereocenters. The van der Waals surface area contributed by atoms with Crippen molar-refractivity contribution in [3.8, 4) is 0 Å². The van der Waals surface area contributed by atoms with E-state index < -0.39 is 13.9 Å². The second-order valence-electron chi connectivity index (χ2n) is 10.1. The average molecular weight is 510 g/mol. The lowest BCUT2D eigenvalue weighted by Crippen LogP contribution is -2.37. The van der Waals surface area contributed by atoms with Gasteiger partial charge in [-0.1, -0.05) is 78.1 Å². The van der Waals surface area contributed by atoms with Gasteiger partial charge in [-0.2, -0.15) is 0 Å². The molecule has 0 heterocycles. The number of nitrogens with zero attached hydrogens (tertiary/aromatic N) is 1. The molecule has 0 saturated carbocycles. The van der Waals surface area contributed by atoms with Crippen LogP contribution in [0.2, 0.25) is 0 Å². The smallest absolute Gasteiger partial charge is 0.306 e. The minimum absolute atomic E-state index is 0.0291. The van der Waals surface area contributed by atoms with Gasteiger partial charge in [-0.15, -0.1) is 0 Å². The summed E-state index contributed by atoms with van der Waals surface area (Å²) in [4.78, 5) is 24.4. The standard InChI is InChI=1S/C25H52NO7P/c1-6-8-10-12-14-16-18-25(27)33-24(22-30-20-17-15-13-11-9-7-2)23-32-34(28,29)31-21-19-26(3,4)5/h24H,6-23H2,1-5H3. The van der Waals surface area contributed by atoms with E-state index >= 15 is 0 Å². The molecule has 0 aromatic heterocycles. The van der Waals surface area contributed by atoms with Gasteiger partial charge >= 0.3 is 5.97 Å². The Balaban J connectivity index is 4.44. The van der Waals surface area contributed by atoms with E-state index in [-0.39, 0.29) is 25.8 Å². The van der Waals surface area contributed by atoms with E-state index in [1.54, 1.807) is 0 Å². The summed E-state index contributed by atoms with van der Waals surface area (Å²) in [5.74, 6) is -0.348. The molecule has 0 fully saturated rings. The van der Waals surface area contributed by atoms with E-state index in [9.17, 15) is 14.3 Å². The molecular weight excluding hydrogens is 457 g/mol. The van der Waals surface area contributed by atoms with Crippen LogP contribution in [0.3, 0.4) is 0 Å². The molecule has 0 aromatic rings. The molecule has 204 valence electrons. The predicted octanol–water partition coefficient (Wildman–Crippen LogP) is 5.23. The van der Waals surface area contributed by atoms with Crippen LogP contribution in [0.5, 0.6) is 0 Å². The number of rotatable bonds is 24. The Morgan fingerprint density at radius 2 is 1.35 bits per heavy atom. The Labute approximate surface area is 208 Å². The van der Waals surface area contributed by atoms with Crippen LogP contribution < -0.4 is 4.89 Å². The highest BCUT2D eigenvalue weighted by Crippen LogP contribution is 2.38. The summed E-state index contributed by atoms with van der Waals surface area (Å²) in [6, 6.07) is 0. The van der Waals surface area contributed by atoms with Crippen LogP contribution in [0.25, 0.3) is 0 Å². The maximum atomic E-state index is 12.3. The van der Waals surface area contributed by atoms with Crippen molar-refractivity contribution in [2.24, 2.45) is 0 Å². The van der Waals surface area contributed by atoms with Gasteiger partial charge in [0.25, 0.3) is 7.82 Å². The van der Waals surface area contributed by atoms with Gasteiger partial charge in [0.2, 0.25) is 0 Å². The van der Waals surface area contributed by atoms with Crippen molar-refractivity contribution < 1.29 is 37.3 Å². The zero-order valence-electron chi connectivity index (χ0n) is 22.6. The highest BCUT2D eigenvalue weighted by molar-refractivity contribution is 7.45. The number of unbranched alkanes of at least 4 members (excludes halogenated alkanes) is 10. The Hall–Kier alpha value is -0.500. The van der Waals surface area contributed by atoms with E-state index in [1.807, 2.05) is 21.1 Å². The highest BCUT2D eigenvalue weighted by Gasteiger charge is 2.20. The molecule has 9 heteroatoms. The average Bonchev–Trinajstić information content (AvgIpc) is 2.75. The topological polar surface area (TPSA) is 94.1 Å². The van der Waals surface area contributed by atoms with E-state index in [2.05, 4.69) is 13.8 Å². The third-order valence-corrected chi connectivity index (χ3v) is 6.37. The molecule has 0 spiro atoms. The molecule has 0 saturated heterocycles. The first-order valence-corrected chi connectivity index (χ1v) is 14.7. The van der Waals surface area contributed by atoms with Crippen molar-refractivity contribution in [1.82, 2.24) is 0 Å². The lowest BCUT2D eigenvalue weighted by molar-refractivity contribution is -0.870. The lowest BCUT2D eigenvalue weighted by Gasteiger charge is -2.28. The highest BCUT2D eigenvalue weighted by atomic mass is 31.2. The van der Waals surface area contributed by atoms with Gasteiger partial charge in [-0.3, -0.25) is 9.36 Å². The van der Waals surface area contributed by atoms with Crippen molar-refractivity contribution >= 4 is 13.8 Å². The largest absolute Gasteiger partial charge is 0.756 e. The molecule has 2 unspecified atom stereocenters. The van der Waals surface area contributed by atoms with Crippen LogP contribution in [-0.4, -0.2) is 70.7 Å². The minimum Gasteiger partial charge on any atom is -0.756 e. The summed E-state index contributed by atoms with van der Waals surface area (Å²) in [6.45, 7) is 5.26. The maximum Gasteiger partial charge on any atom is 0.306 e. The SMILES string of the molecule is CCCCCCCCOCC(COP(=O)([O-])OCC[N+](C)(C)C)OC(=O)CCCCCCCC. The third kappa shape index (κ3) is 23.3. The number of hydrogen-bond donors (Lipinski definition) is 0. The maximum absolute atomic E-state index is 12.3. The first-order valence-electron chi connectivity index (χ1n) is 13.3. The number of likely N-dealkylation sites (N-methyl/N-ethyl adjacent to an activating group) is 1. The summed E-state index contributed by atoms with van der Waals surface area (Å²) in [5.41, 5.74) is 0. The third-order valence-electron chi connectivity index (χ3n) is 5.41. The number of carbonyl (C=O) groups is 1. The number of phosphoric ester groups is 1. The summed E-state index contributed by atoms with van der Waals surface area (Å²) in [6.07, 6.45) is 12.9. The molecule has 0 aliphatic rings. The fourth-order valence-corrected chi connectivity index (χ4v) is 3.98. The minimum atomic E-state index is -4.48. The van der Waals surface area contributed by atoms with Gasteiger partial charge in [0.05, 0.1) is 34.4 Å².